The summed E-state index contributed by atoms with van der Waals surface area (Å²) in [5, 5.41) is 35.1. The summed E-state index contributed by atoms with van der Waals surface area (Å²) in [4.78, 5) is 65.4. The normalized spacial score (nSPS) is 17.7. The molecule has 3 aromatic carbocycles. The number of aromatic nitrogens is 4. The fraction of sp³-hybridized carbons (Fsp3) is 0.442. The molecule has 2 heterocycles. The summed E-state index contributed by atoms with van der Waals surface area (Å²) in [5.41, 5.74) is 4.87. The van der Waals surface area contributed by atoms with Gasteiger partial charge in [0, 0.05) is 54.8 Å². The predicted octanol–water partition coefficient (Wildman–Crippen LogP) is 5.71. The summed E-state index contributed by atoms with van der Waals surface area (Å²) in [7, 11) is 0. The second-order valence-electron chi connectivity index (χ2n) is 16.4. The fourth-order valence-electron chi connectivity index (χ4n) is 7.55. The number of carbonyl (C=O) groups is 5. The maximum absolute atomic E-state index is 13.9. The molecule has 6 rings (SSSR count). The average Bonchev–Trinajstić information content (AvgIpc) is 3.76. The van der Waals surface area contributed by atoms with Gasteiger partial charge in [0.05, 0.1) is 0 Å². The van der Waals surface area contributed by atoms with Crippen molar-refractivity contribution >= 4 is 35.6 Å². The lowest BCUT2D eigenvalue weighted by Crippen LogP contribution is -2.48. The zero-order chi connectivity index (χ0) is 42.1. The minimum atomic E-state index is -0.940. The van der Waals surface area contributed by atoms with Gasteiger partial charge in [-0.25, -0.2) is 9.59 Å². The Morgan fingerprint density at radius 2 is 1.58 bits per heavy atom. The predicted molar refractivity (Wildman–Crippen MR) is 220 cm³/mol. The second kappa shape index (κ2) is 19.0. The number of benzene rings is 3. The largest absolute Gasteiger partial charge is 0.465 e. The number of rotatable bonds is 12. The molecule has 2 fully saturated rings. The summed E-state index contributed by atoms with van der Waals surface area (Å²) >= 11 is 0. The Kier molecular flexibility index (Phi) is 13.6. The number of anilines is 1. The lowest BCUT2D eigenvalue weighted by atomic mass is 9.81. The number of alkyl carbamates (subject to hydrolysis) is 1. The van der Waals surface area contributed by atoms with Crippen molar-refractivity contribution in [1.29, 1.82) is 0 Å². The molecular weight excluding hydrogens is 755 g/mol. The topological polar surface area (TPSA) is 221 Å². The van der Waals surface area contributed by atoms with Gasteiger partial charge >= 0.3 is 12.2 Å². The first-order chi connectivity index (χ1) is 28.2. The third kappa shape index (κ3) is 11.9. The van der Waals surface area contributed by atoms with Crippen molar-refractivity contribution < 1.29 is 33.8 Å². The number of carboxylic acid groups (broad SMARTS) is 1. The molecule has 0 unspecified atom stereocenters. The van der Waals surface area contributed by atoms with Crippen molar-refractivity contribution in [2.75, 3.05) is 25.0 Å². The van der Waals surface area contributed by atoms with Crippen molar-refractivity contribution in [3.05, 3.63) is 83.4 Å². The molecule has 5 amide bonds. The lowest BCUT2D eigenvalue weighted by Gasteiger charge is -2.30. The van der Waals surface area contributed by atoms with Gasteiger partial charge in [-0.3, -0.25) is 14.4 Å². The first-order valence-electron chi connectivity index (χ1n) is 20.1. The number of nitrogens with zero attached hydrogens (tertiary/aromatic N) is 4. The second-order valence-corrected chi connectivity index (χ2v) is 16.4. The summed E-state index contributed by atoms with van der Waals surface area (Å²) in [5.74, 6) is -0.346. The molecule has 2 aliphatic rings. The van der Waals surface area contributed by atoms with Crippen molar-refractivity contribution in [1.82, 2.24) is 41.5 Å². The molecule has 312 valence electrons. The van der Waals surface area contributed by atoms with Crippen LogP contribution in [-0.4, -0.2) is 97.9 Å². The zero-order valence-corrected chi connectivity index (χ0v) is 33.9. The molecule has 0 radical (unpaired) electrons. The molecule has 16 heteroatoms. The Labute approximate surface area is 343 Å². The molecular formula is C43H53N9O7. The van der Waals surface area contributed by atoms with Crippen LogP contribution in [0.25, 0.3) is 22.5 Å². The number of H-pyrrole nitrogens is 1. The van der Waals surface area contributed by atoms with Crippen LogP contribution in [0.2, 0.25) is 0 Å². The number of hydrogen-bond acceptors (Lipinski definition) is 9. The highest BCUT2D eigenvalue weighted by Gasteiger charge is 2.31. The molecule has 1 aromatic heterocycles. The third-order valence-electron chi connectivity index (χ3n) is 10.8. The number of nitrogens with one attached hydrogen (secondary N) is 5. The van der Waals surface area contributed by atoms with Gasteiger partial charge in [0.15, 0.2) is 0 Å². The van der Waals surface area contributed by atoms with Gasteiger partial charge in [0.1, 0.15) is 11.6 Å². The molecule has 1 saturated carbocycles. The van der Waals surface area contributed by atoms with Crippen LogP contribution < -0.4 is 21.3 Å². The quantitative estimate of drug-likeness (QED) is 0.102. The molecule has 0 bridgehead atoms. The van der Waals surface area contributed by atoms with E-state index in [1.54, 1.807) is 30.3 Å². The van der Waals surface area contributed by atoms with Gasteiger partial charge in [-0.05, 0) is 136 Å². The number of aryl methyl sites for hydroxylation is 1. The number of aromatic amines is 1. The number of amides is 5. The number of likely N-dealkylation sites (tertiary alicyclic amines) is 1. The molecule has 1 atom stereocenters. The molecule has 1 aliphatic carbocycles. The van der Waals surface area contributed by atoms with Crippen LogP contribution in [0.3, 0.4) is 0 Å². The molecule has 1 saturated heterocycles. The van der Waals surface area contributed by atoms with Crippen LogP contribution >= 0.6 is 0 Å². The summed E-state index contributed by atoms with van der Waals surface area (Å²) in [6, 6.07) is 19.4. The van der Waals surface area contributed by atoms with Gasteiger partial charge in [-0.15, -0.1) is 10.2 Å². The summed E-state index contributed by atoms with van der Waals surface area (Å²) < 4.78 is 5.36. The fourth-order valence-corrected chi connectivity index (χ4v) is 7.55. The van der Waals surface area contributed by atoms with E-state index in [0.717, 1.165) is 40.7 Å². The van der Waals surface area contributed by atoms with Gasteiger partial charge < -0.3 is 36.0 Å². The minimum Gasteiger partial charge on any atom is -0.465 e. The molecule has 4 aromatic rings. The number of carbonyl (C=O) groups excluding carboxylic acids is 4. The first kappa shape index (κ1) is 42.3. The van der Waals surface area contributed by atoms with E-state index in [1.165, 1.54) is 4.90 Å². The van der Waals surface area contributed by atoms with Crippen molar-refractivity contribution in [2.45, 2.75) is 90.3 Å². The third-order valence-corrected chi connectivity index (χ3v) is 10.8. The highest BCUT2D eigenvalue weighted by atomic mass is 16.6. The van der Waals surface area contributed by atoms with E-state index in [0.29, 0.717) is 62.4 Å². The zero-order valence-electron chi connectivity index (χ0n) is 33.9. The van der Waals surface area contributed by atoms with E-state index in [-0.39, 0.29) is 42.0 Å². The molecule has 1 aliphatic heterocycles. The van der Waals surface area contributed by atoms with E-state index in [1.807, 2.05) is 64.1 Å². The minimum absolute atomic E-state index is 0.0838. The van der Waals surface area contributed by atoms with E-state index >= 15 is 0 Å². The SMILES string of the molecule is Cc1cc(C(=O)NC2CCN(C(=O)O)CC2)ccc1-c1ccc(C[C@H](NC(=O)C2CCC(CNC(=O)OC(C)(C)C)CC2)C(=O)Nc2ccc(-c3nn[nH]n3)cc2)cc1. The van der Waals surface area contributed by atoms with Gasteiger partial charge in [-0.1, -0.05) is 30.3 Å². The van der Waals surface area contributed by atoms with Crippen LogP contribution in [0.5, 0.6) is 0 Å². The van der Waals surface area contributed by atoms with Crippen molar-refractivity contribution in [2.24, 2.45) is 11.8 Å². The van der Waals surface area contributed by atoms with E-state index < -0.39 is 23.8 Å². The summed E-state index contributed by atoms with van der Waals surface area (Å²) in [6.45, 7) is 8.66. The first-order valence-corrected chi connectivity index (χ1v) is 20.1. The Hall–Kier alpha value is -6.32. The Balaban J connectivity index is 1.09. The van der Waals surface area contributed by atoms with Crippen LogP contribution in [0.15, 0.2) is 66.7 Å². The average molecular weight is 808 g/mol. The molecule has 16 nitrogen and oxygen atoms in total. The van der Waals surface area contributed by atoms with Crippen LogP contribution in [0.4, 0.5) is 15.3 Å². The molecule has 0 spiro atoms. The Bertz CT molecular complexity index is 2080. The van der Waals surface area contributed by atoms with Crippen molar-refractivity contribution in [3.63, 3.8) is 0 Å². The number of piperidine rings is 1. The van der Waals surface area contributed by atoms with Crippen LogP contribution in [-0.2, 0) is 20.7 Å². The smallest absolute Gasteiger partial charge is 0.407 e. The Morgan fingerprint density at radius 3 is 2.19 bits per heavy atom. The number of tetrazole rings is 1. The van der Waals surface area contributed by atoms with E-state index in [2.05, 4.69) is 41.9 Å². The van der Waals surface area contributed by atoms with E-state index in [4.69, 9.17) is 4.74 Å². The highest BCUT2D eigenvalue weighted by molar-refractivity contribution is 5.98. The van der Waals surface area contributed by atoms with E-state index in [9.17, 15) is 29.1 Å². The van der Waals surface area contributed by atoms with Gasteiger partial charge in [0.2, 0.25) is 17.6 Å². The number of ether oxygens (including phenoxy) is 1. The summed E-state index contributed by atoms with van der Waals surface area (Å²) in [6.07, 6.45) is 2.79. The van der Waals surface area contributed by atoms with Crippen LogP contribution in [0.1, 0.15) is 80.8 Å². The Morgan fingerprint density at radius 1 is 0.898 bits per heavy atom. The molecule has 59 heavy (non-hydrogen) atoms. The van der Waals surface area contributed by atoms with Crippen molar-refractivity contribution in [3.8, 4) is 22.5 Å². The van der Waals surface area contributed by atoms with Crippen LogP contribution in [0, 0.1) is 18.8 Å². The molecule has 6 N–H and O–H groups in total. The maximum atomic E-state index is 13.9. The monoisotopic (exact) mass is 807 g/mol. The van der Waals surface area contributed by atoms with Gasteiger partial charge in [-0.2, -0.15) is 5.21 Å². The number of hydrogen-bond donors (Lipinski definition) is 6. The lowest BCUT2D eigenvalue weighted by molar-refractivity contribution is -0.130. The maximum Gasteiger partial charge on any atom is 0.407 e. The highest BCUT2D eigenvalue weighted by Crippen LogP contribution is 2.30. The standard InChI is InChI=1S/C43H53N9O7/c1-26-23-32(39(54)45-34-19-21-52(22-20-34)42(57)58)15-18-35(26)29-9-5-27(6-10-29)24-36(40(55)46-33-16-13-30(14-17-33)37-48-50-51-49-37)47-38(53)31-11-7-28(8-12-31)25-44-41(56)59-43(2,3)4/h5-6,9-10,13-18,23,28,31,34,36H,7-8,11-12,19-22,24-25H2,1-4H3,(H,44,56)(H,45,54)(H,46,55)(H,47,53)(H,57,58)(H,48,49,50,51)/t28?,31?,36-/m0/s1. The van der Waals surface area contributed by atoms with Gasteiger partial charge in [0.25, 0.3) is 5.91 Å².